The molecule has 0 saturated carbocycles. The fourth-order valence-electron chi connectivity index (χ4n) is 3.41. The number of nitrogens with zero attached hydrogens (tertiary/aromatic N) is 1. The maximum absolute atomic E-state index is 12.3. The van der Waals surface area contributed by atoms with Gasteiger partial charge < -0.3 is 14.8 Å². The SMILES string of the molecule is COc1ccc(NC(=O)NC(=O)CN2CCCC2c2ccc(OC)cc2)cc1. The Hall–Kier alpha value is -3.06. The molecule has 1 aliphatic heterocycles. The van der Waals surface area contributed by atoms with Crippen LogP contribution in [0.1, 0.15) is 24.4 Å². The summed E-state index contributed by atoms with van der Waals surface area (Å²) in [5, 5.41) is 5.04. The van der Waals surface area contributed by atoms with Gasteiger partial charge in [-0.15, -0.1) is 0 Å². The zero-order valence-corrected chi connectivity index (χ0v) is 16.1. The van der Waals surface area contributed by atoms with Gasteiger partial charge in [-0.25, -0.2) is 4.79 Å². The Balaban J connectivity index is 1.53. The summed E-state index contributed by atoms with van der Waals surface area (Å²) in [5.74, 6) is 1.17. The Kier molecular flexibility index (Phi) is 6.49. The van der Waals surface area contributed by atoms with Gasteiger partial charge in [-0.2, -0.15) is 0 Å². The number of anilines is 1. The van der Waals surface area contributed by atoms with E-state index < -0.39 is 6.03 Å². The molecule has 0 aromatic heterocycles. The number of carbonyl (C=O) groups excluding carboxylic acids is 2. The summed E-state index contributed by atoms with van der Waals surface area (Å²) >= 11 is 0. The number of benzene rings is 2. The van der Waals surface area contributed by atoms with Crippen molar-refractivity contribution in [2.75, 3.05) is 32.6 Å². The van der Waals surface area contributed by atoms with Crippen LogP contribution in [0.3, 0.4) is 0 Å². The second-order valence-corrected chi connectivity index (χ2v) is 6.63. The van der Waals surface area contributed by atoms with Crippen LogP contribution in [0.4, 0.5) is 10.5 Å². The molecule has 1 unspecified atom stereocenters. The van der Waals surface area contributed by atoms with Gasteiger partial charge in [-0.3, -0.25) is 15.0 Å². The Morgan fingerprint density at radius 3 is 2.21 bits per heavy atom. The first-order valence-electron chi connectivity index (χ1n) is 9.22. The first-order chi connectivity index (χ1) is 13.6. The minimum atomic E-state index is -0.546. The molecule has 0 radical (unpaired) electrons. The number of amides is 3. The minimum Gasteiger partial charge on any atom is -0.497 e. The summed E-state index contributed by atoms with van der Waals surface area (Å²) in [6.45, 7) is 0.997. The van der Waals surface area contributed by atoms with Gasteiger partial charge in [0.1, 0.15) is 11.5 Å². The molecule has 0 spiro atoms. The Labute approximate surface area is 164 Å². The fraction of sp³-hybridized carbons (Fsp3) is 0.333. The maximum atomic E-state index is 12.3. The molecule has 1 aliphatic rings. The first kappa shape index (κ1) is 19.7. The van der Waals surface area contributed by atoms with Crippen LogP contribution in [0.5, 0.6) is 11.5 Å². The quantitative estimate of drug-likeness (QED) is 0.801. The number of rotatable bonds is 6. The lowest BCUT2D eigenvalue weighted by Gasteiger charge is -2.24. The lowest BCUT2D eigenvalue weighted by molar-refractivity contribution is -0.121. The van der Waals surface area contributed by atoms with Crippen LogP contribution in [0, 0.1) is 0 Å². The minimum absolute atomic E-state index is 0.168. The lowest BCUT2D eigenvalue weighted by Crippen LogP contribution is -2.41. The Morgan fingerprint density at radius 2 is 1.61 bits per heavy atom. The van der Waals surface area contributed by atoms with Gasteiger partial charge in [0.05, 0.1) is 20.8 Å². The maximum Gasteiger partial charge on any atom is 0.325 e. The third-order valence-corrected chi connectivity index (χ3v) is 4.81. The number of likely N-dealkylation sites (tertiary alicyclic amines) is 1. The van der Waals surface area contributed by atoms with E-state index in [-0.39, 0.29) is 18.5 Å². The molecule has 0 aliphatic carbocycles. The molecule has 7 nitrogen and oxygen atoms in total. The third-order valence-electron chi connectivity index (χ3n) is 4.81. The first-order valence-corrected chi connectivity index (χ1v) is 9.22. The van der Waals surface area contributed by atoms with Crippen molar-refractivity contribution in [3.63, 3.8) is 0 Å². The number of ether oxygens (including phenoxy) is 2. The summed E-state index contributed by atoms with van der Waals surface area (Å²) in [6, 6.07) is 14.4. The molecular formula is C21H25N3O4. The highest BCUT2D eigenvalue weighted by Crippen LogP contribution is 2.32. The summed E-state index contributed by atoms with van der Waals surface area (Å²) in [5.41, 5.74) is 1.73. The Bertz CT molecular complexity index is 805. The molecule has 7 heteroatoms. The largest absolute Gasteiger partial charge is 0.497 e. The molecule has 3 amide bonds. The van der Waals surface area contributed by atoms with Gasteiger partial charge in [-0.1, -0.05) is 12.1 Å². The topological polar surface area (TPSA) is 79.9 Å². The average molecular weight is 383 g/mol. The molecule has 1 heterocycles. The molecule has 0 bridgehead atoms. The lowest BCUT2D eigenvalue weighted by atomic mass is 10.0. The molecule has 148 valence electrons. The van der Waals surface area contributed by atoms with E-state index in [1.807, 2.05) is 24.3 Å². The van der Waals surface area contributed by atoms with Crippen molar-refractivity contribution in [1.82, 2.24) is 10.2 Å². The van der Waals surface area contributed by atoms with E-state index in [1.54, 1.807) is 38.5 Å². The molecule has 1 atom stereocenters. The summed E-state index contributed by atoms with van der Waals surface area (Å²) < 4.78 is 10.3. The van der Waals surface area contributed by atoms with Crippen molar-refractivity contribution in [3.8, 4) is 11.5 Å². The van der Waals surface area contributed by atoms with Crippen molar-refractivity contribution in [2.24, 2.45) is 0 Å². The standard InChI is InChI=1S/C21H25N3O4/c1-27-17-9-5-15(6-10-17)19-4-3-13-24(19)14-20(25)23-21(26)22-16-7-11-18(28-2)12-8-16/h5-12,19H,3-4,13-14H2,1-2H3,(H2,22,23,25,26). The van der Waals surface area contributed by atoms with E-state index in [1.165, 1.54) is 0 Å². The summed E-state index contributed by atoms with van der Waals surface area (Å²) in [7, 11) is 3.21. The molecule has 2 aromatic rings. The summed E-state index contributed by atoms with van der Waals surface area (Å²) in [6.07, 6.45) is 2.00. The van der Waals surface area contributed by atoms with Gasteiger partial charge >= 0.3 is 6.03 Å². The van der Waals surface area contributed by atoms with Crippen LogP contribution < -0.4 is 20.1 Å². The van der Waals surface area contributed by atoms with Crippen LogP contribution in [0.15, 0.2) is 48.5 Å². The number of nitrogens with one attached hydrogen (secondary N) is 2. The van der Waals surface area contributed by atoms with Gasteiger partial charge in [0.2, 0.25) is 5.91 Å². The van der Waals surface area contributed by atoms with Crippen LogP contribution in [-0.4, -0.2) is 44.1 Å². The normalized spacial score (nSPS) is 16.4. The highest BCUT2D eigenvalue weighted by molar-refractivity contribution is 6.01. The fourth-order valence-corrected chi connectivity index (χ4v) is 3.41. The van der Waals surface area contributed by atoms with Crippen molar-refractivity contribution < 1.29 is 19.1 Å². The molecule has 1 saturated heterocycles. The number of hydrogen-bond donors (Lipinski definition) is 2. The number of imide groups is 1. The van der Waals surface area contributed by atoms with E-state index in [0.717, 1.165) is 30.7 Å². The zero-order valence-electron chi connectivity index (χ0n) is 16.1. The Morgan fingerprint density at radius 1 is 1.00 bits per heavy atom. The van der Waals surface area contributed by atoms with E-state index in [9.17, 15) is 9.59 Å². The molecule has 2 N–H and O–H groups in total. The van der Waals surface area contributed by atoms with E-state index in [0.29, 0.717) is 11.4 Å². The number of hydrogen-bond acceptors (Lipinski definition) is 5. The van der Waals surface area contributed by atoms with Crippen LogP contribution in [-0.2, 0) is 4.79 Å². The monoisotopic (exact) mass is 383 g/mol. The molecule has 1 fully saturated rings. The number of carbonyl (C=O) groups is 2. The second-order valence-electron chi connectivity index (χ2n) is 6.63. The van der Waals surface area contributed by atoms with Crippen molar-refractivity contribution in [3.05, 3.63) is 54.1 Å². The van der Waals surface area contributed by atoms with Crippen LogP contribution in [0.25, 0.3) is 0 Å². The van der Waals surface area contributed by atoms with Gasteiger partial charge in [0.15, 0.2) is 0 Å². The zero-order chi connectivity index (χ0) is 19.9. The molecule has 2 aromatic carbocycles. The predicted molar refractivity (Wildman–Crippen MR) is 107 cm³/mol. The van der Waals surface area contributed by atoms with E-state index in [4.69, 9.17) is 9.47 Å². The third kappa shape index (κ3) is 5.01. The second kappa shape index (κ2) is 9.23. The molecular weight excluding hydrogens is 358 g/mol. The van der Waals surface area contributed by atoms with Crippen molar-refractivity contribution in [2.45, 2.75) is 18.9 Å². The predicted octanol–water partition coefficient (Wildman–Crippen LogP) is 3.19. The van der Waals surface area contributed by atoms with E-state index >= 15 is 0 Å². The summed E-state index contributed by atoms with van der Waals surface area (Å²) in [4.78, 5) is 26.5. The van der Waals surface area contributed by atoms with Gasteiger partial charge in [-0.05, 0) is 61.3 Å². The van der Waals surface area contributed by atoms with Crippen molar-refractivity contribution in [1.29, 1.82) is 0 Å². The van der Waals surface area contributed by atoms with Crippen LogP contribution in [0.2, 0.25) is 0 Å². The van der Waals surface area contributed by atoms with Crippen molar-refractivity contribution >= 4 is 17.6 Å². The molecule has 3 rings (SSSR count). The highest BCUT2D eigenvalue weighted by atomic mass is 16.5. The smallest absolute Gasteiger partial charge is 0.325 e. The van der Waals surface area contributed by atoms with Gasteiger partial charge in [0.25, 0.3) is 0 Å². The molecule has 28 heavy (non-hydrogen) atoms. The highest BCUT2D eigenvalue weighted by Gasteiger charge is 2.28. The van der Waals surface area contributed by atoms with Crippen LogP contribution >= 0.6 is 0 Å². The van der Waals surface area contributed by atoms with Gasteiger partial charge in [0, 0.05) is 11.7 Å². The number of methoxy groups -OCH3 is 2. The number of urea groups is 1. The average Bonchev–Trinajstić information content (AvgIpc) is 3.16. The van der Waals surface area contributed by atoms with E-state index in [2.05, 4.69) is 15.5 Å².